The number of benzene rings is 2. The van der Waals surface area contributed by atoms with Gasteiger partial charge in [-0.1, -0.05) is 42.5 Å². The molecular weight excluding hydrogens is 320 g/mol. The van der Waals surface area contributed by atoms with E-state index in [1.807, 2.05) is 30.3 Å². The molecule has 25 heavy (non-hydrogen) atoms. The predicted octanol–water partition coefficient (Wildman–Crippen LogP) is 3.53. The van der Waals surface area contributed by atoms with E-state index in [-0.39, 0.29) is 12.2 Å². The van der Waals surface area contributed by atoms with Crippen LogP contribution in [0.4, 0.5) is 0 Å². The van der Waals surface area contributed by atoms with Crippen LogP contribution in [-0.4, -0.2) is 30.8 Å². The van der Waals surface area contributed by atoms with Gasteiger partial charge in [0, 0.05) is 0 Å². The zero-order chi connectivity index (χ0) is 18.2. The highest BCUT2D eigenvalue weighted by Crippen LogP contribution is 2.30. The SMILES string of the molecule is CCOC(=O)/C(CC(=O)O)=C(\c1ccccc1)c1ccc(OC)cc1. The quantitative estimate of drug-likeness (QED) is 0.616. The predicted molar refractivity (Wildman–Crippen MR) is 94.3 cm³/mol. The Kier molecular flexibility index (Phi) is 6.34. The Morgan fingerprint density at radius 1 is 0.960 bits per heavy atom. The fraction of sp³-hybridized carbons (Fsp3) is 0.200. The first-order valence-electron chi connectivity index (χ1n) is 7.88. The van der Waals surface area contributed by atoms with Crippen LogP contribution in [0, 0.1) is 0 Å². The van der Waals surface area contributed by atoms with E-state index in [0.717, 1.165) is 11.1 Å². The molecule has 0 spiro atoms. The first-order chi connectivity index (χ1) is 12.1. The molecule has 0 radical (unpaired) electrons. The van der Waals surface area contributed by atoms with Crippen LogP contribution in [0.5, 0.6) is 5.75 Å². The van der Waals surface area contributed by atoms with Crippen LogP contribution in [0.1, 0.15) is 24.5 Å². The lowest BCUT2D eigenvalue weighted by atomic mass is 9.91. The number of carbonyl (C=O) groups excluding carboxylic acids is 1. The standard InChI is InChI=1S/C20H20O5/c1-3-25-20(23)17(13-18(21)22)19(14-7-5-4-6-8-14)15-9-11-16(24-2)12-10-15/h4-12H,3,13H2,1-2H3,(H,21,22)/b19-17+. The van der Waals surface area contributed by atoms with Gasteiger partial charge < -0.3 is 14.6 Å². The van der Waals surface area contributed by atoms with Crippen molar-refractivity contribution < 1.29 is 24.2 Å². The molecule has 0 aromatic heterocycles. The normalized spacial score (nSPS) is 11.4. The Hall–Kier alpha value is -3.08. The highest BCUT2D eigenvalue weighted by Gasteiger charge is 2.22. The van der Waals surface area contributed by atoms with Crippen LogP contribution in [0.25, 0.3) is 5.57 Å². The first kappa shape index (κ1) is 18.3. The van der Waals surface area contributed by atoms with Crippen LogP contribution in [0.3, 0.4) is 0 Å². The van der Waals surface area contributed by atoms with Crippen molar-refractivity contribution in [3.8, 4) is 5.75 Å². The number of carboxylic acids is 1. The van der Waals surface area contributed by atoms with Gasteiger partial charge >= 0.3 is 11.9 Å². The molecule has 5 nitrogen and oxygen atoms in total. The molecule has 0 saturated carbocycles. The van der Waals surface area contributed by atoms with Crippen LogP contribution in [0.15, 0.2) is 60.2 Å². The van der Waals surface area contributed by atoms with Gasteiger partial charge in [-0.05, 0) is 35.8 Å². The van der Waals surface area contributed by atoms with Crippen molar-refractivity contribution in [2.24, 2.45) is 0 Å². The molecule has 0 heterocycles. The van der Waals surface area contributed by atoms with Crippen molar-refractivity contribution in [1.82, 2.24) is 0 Å². The molecule has 0 aliphatic heterocycles. The molecule has 5 heteroatoms. The zero-order valence-electron chi connectivity index (χ0n) is 14.2. The lowest BCUT2D eigenvalue weighted by Crippen LogP contribution is -2.14. The smallest absolute Gasteiger partial charge is 0.335 e. The number of ether oxygens (including phenoxy) is 2. The first-order valence-corrected chi connectivity index (χ1v) is 7.88. The summed E-state index contributed by atoms with van der Waals surface area (Å²) in [4.78, 5) is 23.7. The average Bonchev–Trinajstić information content (AvgIpc) is 2.62. The van der Waals surface area contributed by atoms with Crippen molar-refractivity contribution in [2.45, 2.75) is 13.3 Å². The van der Waals surface area contributed by atoms with E-state index in [2.05, 4.69) is 0 Å². The van der Waals surface area contributed by atoms with Gasteiger partial charge in [0.15, 0.2) is 0 Å². The molecule has 0 aliphatic carbocycles. The lowest BCUT2D eigenvalue weighted by molar-refractivity contribution is -0.142. The highest BCUT2D eigenvalue weighted by atomic mass is 16.5. The molecule has 0 aliphatic rings. The summed E-state index contributed by atoms with van der Waals surface area (Å²) in [6.07, 6.45) is -0.422. The fourth-order valence-corrected chi connectivity index (χ4v) is 2.51. The monoisotopic (exact) mass is 340 g/mol. The molecule has 130 valence electrons. The van der Waals surface area contributed by atoms with Crippen LogP contribution in [-0.2, 0) is 14.3 Å². The number of hydrogen-bond acceptors (Lipinski definition) is 4. The summed E-state index contributed by atoms with van der Waals surface area (Å²) in [6.45, 7) is 1.86. The van der Waals surface area contributed by atoms with Crippen molar-refractivity contribution in [3.63, 3.8) is 0 Å². The zero-order valence-corrected chi connectivity index (χ0v) is 14.2. The van der Waals surface area contributed by atoms with Crippen LogP contribution < -0.4 is 4.74 Å². The van der Waals surface area contributed by atoms with Gasteiger partial charge in [-0.25, -0.2) is 4.79 Å². The number of methoxy groups -OCH3 is 1. The maximum absolute atomic E-state index is 12.4. The number of hydrogen-bond donors (Lipinski definition) is 1. The summed E-state index contributed by atoms with van der Waals surface area (Å²) in [7, 11) is 1.57. The fourth-order valence-electron chi connectivity index (χ4n) is 2.51. The minimum Gasteiger partial charge on any atom is -0.497 e. The topological polar surface area (TPSA) is 72.8 Å². The third kappa shape index (κ3) is 4.70. The van der Waals surface area contributed by atoms with E-state index < -0.39 is 18.4 Å². The summed E-state index contributed by atoms with van der Waals surface area (Å²) < 4.78 is 10.3. The molecule has 2 rings (SSSR count). The minimum absolute atomic E-state index is 0.116. The van der Waals surface area contributed by atoms with Gasteiger partial charge in [0.05, 0.1) is 25.7 Å². The van der Waals surface area contributed by atoms with Gasteiger partial charge in [-0.3, -0.25) is 4.79 Å². The number of rotatable bonds is 7. The lowest BCUT2D eigenvalue weighted by Gasteiger charge is -2.15. The summed E-state index contributed by atoms with van der Waals surface area (Å²) in [5, 5.41) is 9.26. The molecular formula is C20H20O5. The van der Waals surface area contributed by atoms with Crippen molar-refractivity contribution >= 4 is 17.5 Å². The van der Waals surface area contributed by atoms with E-state index in [1.165, 1.54) is 0 Å². The maximum Gasteiger partial charge on any atom is 0.335 e. The molecule has 2 aromatic carbocycles. The minimum atomic E-state index is -1.09. The van der Waals surface area contributed by atoms with Crippen LogP contribution >= 0.6 is 0 Å². The number of esters is 1. The number of aliphatic carboxylic acids is 1. The Labute approximate surface area is 146 Å². The molecule has 0 saturated heterocycles. The van der Waals surface area contributed by atoms with Gasteiger partial charge in [0.25, 0.3) is 0 Å². The van der Waals surface area contributed by atoms with Gasteiger partial charge in [0.1, 0.15) is 5.75 Å². The van der Waals surface area contributed by atoms with Crippen molar-refractivity contribution in [1.29, 1.82) is 0 Å². The Bertz CT molecular complexity index is 760. The van der Waals surface area contributed by atoms with Crippen LogP contribution in [0.2, 0.25) is 0 Å². The largest absolute Gasteiger partial charge is 0.497 e. The highest BCUT2D eigenvalue weighted by molar-refractivity contribution is 6.04. The van der Waals surface area contributed by atoms with E-state index in [4.69, 9.17) is 9.47 Å². The second kappa shape index (κ2) is 8.68. The van der Waals surface area contributed by atoms with Crippen molar-refractivity contribution in [3.05, 3.63) is 71.3 Å². The number of carbonyl (C=O) groups is 2. The molecule has 0 bridgehead atoms. The van der Waals surface area contributed by atoms with E-state index >= 15 is 0 Å². The third-order valence-electron chi connectivity index (χ3n) is 3.59. The molecule has 0 unspecified atom stereocenters. The second-order valence-electron chi connectivity index (χ2n) is 5.24. The molecule has 2 aromatic rings. The Balaban J connectivity index is 2.68. The maximum atomic E-state index is 12.4. The summed E-state index contributed by atoms with van der Waals surface area (Å²) in [5.74, 6) is -1.04. The van der Waals surface area contributed by atoms with Gasteiger partial charge in [0.2, 0.25) is 0 Å². The molecule has 0 amide bonds. The molecule has 1 N–H and O–H groups in total. The van der Waals surface area contributed by atoms with Gasteiger partial charge in [-0.2, -0.15) is 0 Å². The van der Waals surface area contributed by atoms with Gasteiger partial charge in [-0.15, -0.1) is 0 Å². The number of carboxylic acid groups (broad SMARTS) is 1. The average molecular weight is 340 g/mol. The van der Waals surface area contributed by atoms with E-state index in [9.17, 15) is 14.7 Å². The third-order valence-corrected chi connectivity index (χ3v) is 3.59. The summed E-state index contributed by atoms with van der Waals surface area (Å²) in [5.41, 5.74) is 2.13. The Morgan fingerprint density at radius 2 is 1.56 bits per heavy atom. The Morgan fingerprint density at radius 3 is 2.08 bits per heavy atom. The van der Waals surface area contributed by atoms with Crippen molar-refractivity contribution in [2.75, 3.05) is 13.7 Å². The van der Waals surface area contributed by atoms with E-state index in [0.29, 0.717) is 11.3 Å². The second-order valence-corrected chi connectivity index (χ2v) is 5.24. The molecule has 0 fully saturated rings. The summed E-state index contributed by atoms with van der Waals surface area (Å²) in [6, 6.07) is 16.3. The molecule has 0 atom stereocenters. The summed E-state index contributed by atoms with van der Waals surface area (Å²) >= 11 is 0. The van der Waals surface area contributed by atoms with E-state index in [1.54, 1.807) is 38.3 Å².